The molecule has 0 amide bonds. The summed E-state index contributed by atoms with van der Waals surface area (Å²) in [5.74, 6) is 0.266. The van der Waals surface area contributed by atoms with Crippen LogP contribution >= 0.6 is 0 Å². The van der Waals surface area contributed by atoms with Crippen LogP contribution in [0.25, 0.3) is 0 Å². The molecule has 0 spiro atoms. The van der Waals surface area contributed by atoms with Crippen LogP contribution < -0.4 is 10.5 Å². The zero-order valence-corrected chi connectivity index (χ0v) is 10.6. The van der Waals surface area contributed by atoms with Crippen molar-refractivity contribution < 1.29 is 9.53 Å². The molecule has 0 bridgehead atoms. The van der Waals surface area contributed by atoms with E-state index >= 15 is 0 Å². The molecule has 0 heterocycles. The minimum absolute atomic E-state index is 0.0251. The molecule has 3 nitrogen and oxygen atoms in total. The molecule has 1 aromatic carbocycles. The largest absolute Gasteiger partial charge is 0.427 e. The van der Waals surface area contributed by atoms with Crippen LogP contribution in [-0.2, 0) is 4.79 Å². The topological polar surface area (TPSA) is 52.3 Å². The Morgan fingerprint density at radius 3 is 2.82 bits per heavy atom. The summed E-state index contributed by atoms with van der Waals surface area (Å²) in [5.41, 5.74) is 7.12. The fourth-order valence-electron chi connectivity index (χ4n) is 1.76. The fourth-order valence-corrected chi connectivity index (χ4v) is 1.76. The maximum Gasteiger partial charge on any atom is 0.308 e. The first-order valence-electron chi connectivity index (χ1n) is 6.17. The summed E-state index contributed by atoms with van der Waals surface area (Å²) in [6.07, 6.45) is 4.50. The van der Waals surface area contributed by atoms with E-state index in [4.69, 9.17) is 10.5 Å². The minimum Gasteiger partial charge on any atom is -0.427 e. The van der Waals surface area contributed by atoms with Gasteiger partial charge in [0.1, 0.15) is 5.75 Å². The summed E-state index contributed by atoms with van der Waals surface area (Å²) in [6, 6.07) is 7.48. The molecule has 2 N–H and O–H groups in total. The van der Waals surface area contributed by atoms with Crippen LogP contribution in [0, 0.1) is 0 Å². The summed E-state index contributed by atoms with van der Waals surface area (Å²) in [5, 5.41) is 0. The van der Waals surface area contributed by atoms with E-state index in [-0.39, 0.29) is 12.0 Å². The molecule has 0 fully saturated rings. The van der Waals surface area contributed by atoms with Crippen molar-refractivity contribution in [1.82, 2.24) is 0 Å². The van der Waals surface area contributed by atoms with Gasteiger partial charge in [0.2, 0.25) is 0 Å². The molecule has 1 rings (SSSR count). The number of unbranched alkanes of at least 4 members (excludes halogenated alkanes) is 2. The molecule has 1 aromatic rings. The standard InChI is InChI=1S/C14H21NO2/c1-3-4-5-9-14(15)12-7-6-8-13(10-12)17-11(2)16/h6-8,10,14H,3-5,9,15H2,1-2H3/t14-/m0/s1. The van der Waals surface area contributed by atoms with Crippen molar-refractivity contribution in [2.45, 2.75) is 45.6 Å². The van der Waals surface area contributed by atoms with E-state index in [1.165, 1.54) is 19.8 Å². The molecule has 0 radical (unpaired) electrons. The van der Waals surface area contributed by atoms with Crippen LogP contribution in [-0.4, -0.2) is 5.97 Å². The molecule has 0 unspecified atom stereocenters. The average molecular weight is 235 g/mol. The van der Waals surface area contributed by atoms with Gasteiger partial charge in [-0.1, -0.05) is 38.3 Å². The second-order valence-corrected chi connectivity index (χ2v) is 4.27. The number of carbonyl (C=O) groups excluding carboxylic acids is 1. The third-order valence-electron chi connectivity index (χ3n) is 2.67. The van der Waals surface area contributed by atoms with Gasteiger partial charge in [-0.05, 0) is 24.1 Å². The smallest absolute Gasteiger partial charge is 0.308 e. The van der Waals surface area contributed by atoms with E-state index in [2.05, 4.69) is 6.92 Å². The summed E-state index contributed by atoms with van der Waals surface area (Å²) in [6.45, 7) is 3.57. The van der Waals surface area contributed by atoms with Gasteiger partial charge in [0.05, 0.1) is 0 Å². The third-order valence-corrected chi connectivity index (χ3v) is 2.67. The quantitative estimate of drug-likeness (QED) is 0.468. The molecule has 0 saturated heterocycles. The van der Waals surface area contributed by atoms with E-state index in [1.54, 1.807) is 6.07 Å². The number of esters is 1. The molecule has 0 saturated carbocycles. The first kappa shape index (κ1) is 13.7. The summed E-state index contributed by atoms with van der Waals surface area (Å²) in [7, 11) is 0. The molecule has 1 atom stereocenters. The van der Waals surface area contributed by atoms with Gasteiger partial charge in [0, 0.05) is 13.0 Å². The number of carbonyl (C=O) groups is 1. The lowest BCUT2D eigenvalue weighted by Gasteiger charge is -2.12. The Morgan fingerprint density at radius 2 is 2.18 bits per heavy atom. The lowest BCUT2D eigenvalue weighted by Crippen LogP contribution is -2.10. The van der Waals surface area contributed by atoms with Crippen molar-refractivity contribution in [3.05, 3.63) is 29.8 Å². The van der Waals surface area contributed by atoms with E-state index < -0.39 is 0 Å². The van der Waals surface area contributed by atoms with Gasteiger partial charge in [-0.2, -0.15) is 0 Å². The van der Waals surface area contributed by atoms with Crippen LogP contribution in [0.2, 0.25) is 0 Å². The Hall–Kier alpha value is -1.35. The zero-order chi connectivity index (χ0) is 12.7. The molecule has 0 aromatic heterocycles. The predicted octanol–water partition coefficient (Wildman–Crippen LogP) is 3.19. The van der Waals surface area contributed by atoms with E-state index in [0.29, 0.717) is 5.75 Å². The van der Waals surface area contributed by atoms with Crippen LogP contribution in [0.1, 0.15) is 51.1 Å². The van der Waals surface area contributed by atoms with Crippen LogP contribution in [0.4, 0.5) is 0 Å². The molecule has 0 aliphatic heterocycles. The predicted molar refractivity (Wildman–Crippen MR) is 68.8 cm³/mol. The average Bonchev–Trinajstić information content (AvgIpc) is 2.28. The molecule has 3 heteroatoms. The highest BCUT2D eigenvalue weighted by Crippen LogP contribution is 2.21. The second-order valence-electron chi connectivity index (χ2n) is 4.27. The third kappa shape index (κ3) is 5.00. The normalized spacial score (nSPS) is 12.2. The van der Waals surface area contributed by atoms with E-state index in [0.717, 1.165) is 18.4 Å². The highest BCUT2D eigenvalue weighted by molar-refractivity contribution is 5.69. The number of nitrogens with two attached hydrogens (primary N) is 1. The maximum absolute atomic E-state index is 10.9. The van der Waals surface area contributed by atoms with Gasteiger partial charge >= 0.3 is 5.97 Å². The summed E-state index contributed by atoms with van der Waals surface area (Å²) >= 11 is 0. The maximum atomic E-state index is 10.9. The van der Waals surface area contributed by atoms with Crippen molar-refractivity contribution in [1.29, 1.82) is 0 Å². The number of hydrogen-bond acceptors (Lipinski definition) is 3. The second kappa shape index (κ2) is 7.07. The van der Waals surface area contributed by atoms with Crippen molar-refractivity contribution in [3.8, 4) is 5.75 Å². The Bertz CT molecular complexity index is 363. The van der Waals surface area contributed by atoms with Crippen LogP contribution in [0.3, 0.4) is 0 Å². The monoisotopic (exact) mass is 235 g/mol. The number of hydrogen-bond donors (Lipinski definition) is 1. The molecule has 0 aliphatic carbocycles. The lowest BCUT2D eigenvalue weighted by molar-refractivity contribution is -0.131. The number of rotatable bonds is 6. The van der Waals surface area contributed by atoms with Gasteiger partial charge in [-0.25, -0.2) is 0 Å². The fraction of sp³-hybridized carbons (Fsp3) is 0.500. The Labute approximate surface area is 103 Å². The van der Waals surface area contributed by atoms with Gasteiger partial charge < -0.3 is 10.5 Å². The first-order valence-corrected chi connectivity index (χ1v) is 6.17. The number of benzene rings is 1. The highest BCUT2D eigenvalue weighted by atomic mass is 16.5. The molecule has 94 valence electrons. The Balaban J connectivity index is 2.60. The van der Waals surface area contributed by atoms with Gasteiger partial charge in [-0.15, -0.1) is 0 Å². The summed E-state index contributed by atoms with van der Waals surface area (Å²) < 4.78 is 5.04. The van der Waals surface area contributed by atoms with E-state index in [9.17, 15) is 4.79 Å². The van der Waals surface area contributed by atoms with Gasteiger partial charge in [0.25, 0.3) is 0 Å². The first-order chi connectivity index (χ1) is 8.13. The van der Waals surface area contributed by atoms with Gasteiger partial charge in [0.15, 0.2) is 0 Å². The highest BCUT2D eigenvalue weighted by Gasteiger charge is 2.07. The van der Waals surface area contributed by atoms with Crippen molar-refractivity contribution in [3.63, 3.8) is 0 Å². The molecule has 17 heavy (non-hydrogen) atoms. The Morgan fingerprint density at radius 1 is 1.41 bits per heavy atom. The van der Waals surface area contributed by atoms with Gasteiger partial charge in [-0.3, -0.25) is 4.79 Å². The van der Waals surface area contributed by atoms with Crippen molar-refractivity contribution in [2.24, 2.45) is 5.73 Å². The lowest BCUT2D eigenvalue weighted by atomic mass is 10.0. The zero-order valence-electron chi connectivity index (χ0n) is 10.6. The molecular weight excluding hydrogens is 214 g/mol. The summed E-state index contributed by atoms with van der Waals surface area (Å²) in [4.78, 5) is 10.9. The van der Waals surface area contributed by atoms with Crippen LogP contribution in [0.15, 0.2) is 24.3 Å². The van der Waals surface area contributed by atoms with E-state index in [1.807, 2.05) is 18.2 Å². The SMILES string of the molecule is CCCCC[C@H](N)c1cccc(OC(C)=O)c1. The minimum atomic E-state index is -0.304. The molecular formula is C14H21NO2. The Kier molecular flexibility index (Phi) is 5.70. The number of ether oxygens (including phenoxy) is 1. The molecule has 0 aliphatic rings. The van der Waals surface area contributed by atoms with Crippen molar-refractivity contribution >= 4 is 5.97 Å². The van der Waals surface area contributed by atoms with Crippen molar-refractivity contribution in [2.75, 3.05) is 0 Å². The van der Waals surface area contributed by atoms with Crippen LogP contribution in [0.5, 0.6) is 5.75 Å².